The predicted octanol–water partition coefficient (Wildman–Crippen LogP) is 9.96. The van der Waals surface area contributed by atoms with Crippen LogP contribution < -0.4 is 0 Å². The van der Waals surface area contributed by atoms with E-state index in [1.165, 1.54) is 0 Å². The van der Waals surface area contributed by atoms with Crippen LogP contribution >= 0.6 is 11.6 Å². The van der Waals surface area contributed by atoms with Crippen molar-refractivity contribution in [3.05, 3.63) is 151 Å². The number of aromatic nitrogens is 5. The van der Waals surface area contributed by atoms with Gasteiger partial charge in [0.05, 0.1) is 11.0 Å². The number of rotatable bonds is 5. The van der Waals surface area contributed by atoms with Gasteiger partial charge in [-0.3, -0.25) is 0 Å². The van der Waals surface area contributed by atoms with Gasteiger partial charge in [-0.25, -0.2) is 24.9 Å². The number of hydrogen-bond donors (Lipinski definition) is 0. The molecule has 0 unspecified atom stereocenters. The van der Waals surface area contributed by atoms with Crippen LogP contribution in [0.1, 0.15) is 0 Å². The lowest BCUT2D eigenvalue weighted by Crippen LogP contribution is -2.00. The van der Waals surface area contributed by atoms with E-state index in [4.69, 9.17) is 31.5 Å². The number of benzene rings is 6. The van der Waals surface area contributed by atoms with E-state index in [1.807, 2.05) is 91.0 Å². The molecule has 8 aromatic rings. The van der Waals surface area contributed by atoms with Crippen LogP contribution in [0.3, 0.4) is 0 Å². The summed E-state index contributed by atoms with van der Waals surface area (Å²) < 4.78 is 0. The molecule has 0 spiro atoms. The Bertz CT molecular complexity index is 2260. The van der Waals surface area contributed by atoms with Gasteiger partial charge < -0.3 is 0 Å². The second-order valence-corrected chi connectivity index (χ2v) is 11.0. The maximum Gasteiger partial charge on any atom is 0.164 e. The average Bonchev–Trinajstić information content (AvgIpc) is 3.11. The van der Waals surface area contributed by atoms with E-state index in [0.717, 1.165) is 55.2 Å². The third-order valence-electron chi connectivity index (χ3n) is 7.86. The minimum absolute atomic E-state index is 0.387. The van der Waals surface area contributed by atoms with E-state index >= 15 is 0 Å². The van der Waals surface area contributed by atoms with Crippen LogP contribution in [0.25, 0.3) is 78.4 Å². The van der Waals surface area contributed by atoms with Crippen molar-refractivity contribution in [1.82, 2.24) is 24.9 Å². The maximum atomic E-state index is 6.68. The molecule has 6 aromatic carbocycles. The van der Waals surface area contributed by atoms with E-state index in [0.29, 0.717) is 28.3 Å². The third kappa shape index (κ3) is 5.09. The number of nitrogens with zero attached hydrogens (tertiary/aromatic N) is 5. The summed E-state index contributed by atoms with van der Waals surface area (Å²) in [5.41, 5.74) is 8.19. The Kier molecular flexibility index (Phi) is 6.78. The van der Waals surface area contributed by atoms with Crippen molar-refractivity contribution in [2.45, 2.75) is 0 Å². The van der Waals surface area contributed by atoms with E-state index in [2.05, 4.69) is 59.6 Å². The summed E-state index contributed by atoms with van der Waals surface area (Å²) in [6, 6.07) is 48.7. The maximum absolute atomic E-state index is 6.68. The molecule has 212 valence electrons. The van der Waals surface area contributed by atoms with E-state index in [-0.39, 0.29) is 0 Å². The highest BCUT2D eigenvalue weighted by molar-refractivity contribution is 6.32. The van der Waals surface area contributed by atoms with Crippen LogP contribution in [-0.4, -0.2) is 24.9 Å². The first kappa shape index (κ1) is 26.8. The molecule has 0 radical (unpaired) electrons. The zero-order valence-electron chi connectivity index (χ0n) is 24.0. The fourth-order valence-electron chi connectivity index (χ4n) is 5.64. The van der Waals surface area contributed by atoms with Crippen molar-refractivity contribution in [3.63, 3.8) is 0 Å². The van der Waals surface area contributed by atoms with Gasteiger partial charge in [-0.1, -0.05) is 145 Å². The highest BCUT2D eigenvalue weighted by Gasteiger charge is 2.16. The zero-order chi connectivity index (χ0) is 30.2. The first-order valence-electron chi connectivity index (χ1n) is 14.6. The number of hydrogen-bond acceptors (Lipinski definition) is 5. The summed E-state index contributed by atoms with van der Waals surface area (Å²) in [5.74, 6) is 1.90. The quantitative estimate of drug-likeness (QED) is 0.197. The van der Waals surface area contributed by atoms with Crippen molar-refractivity contribution in [1.29, 1.82) is 0 Å². The third-order valence-corrected chi connectivity index (χ3v) is 8.12. The second-order valence-electron chi connectivity index (χ2n) is 10.7. The molecule has 0 N–H and O–H groups in total. The first-order chi connectivity index (χ1) is 22.2. The van der Waals surface area contributed by atoms with Gasteiger partial charge in [0, 0.05) is 22.3 Å². The fourth-order valence-corrected chi connectivity index (χ4v) is 5.88. The molecule has 8 rings (SSSR count). The Morgan fingerprint density at radius 3 is 1.33 bits per heavy atom. The standard InChI is InChI=1S/C39H24ClN5/c40-36-35(41-33-17-9-10-18-34(33)42-36)32-24-23-29(30-15-7-8-16-31(30)32)25-19-21-28(22-20-25)39-44-37(26-11-3-1-4-12-26)43-38(45-39)27-13-5-2-6-14-27/h1-24H. The van der Waals surface area contributed by atoms with Gasteiger partial charge in [-0.05, 0) is 34.0 Å². The molecule has 0 saturated carbocycles. The Labute approximate surface area is 264 Å². The van der Waals surface area contributed by atoms with Gasteiger partial charge in [0.25, 0.3) is 0 Å². The molecule has 0 saturated heterocycles. The smallest absolute Gasteiger partial charge is 0.164 e. The summed E-state index contributed by atoms with van der Waals surface area (Å²) in [4.78, 5) is 24.1. The van der Waals surface area contributed by atoms with Crippen molar-refractivity contribution in [2.24, 2.45) is 0 Å². The topological polar surface area (TPSA) is 64.5 Å². The molecule has 0 atom stereocenters. The summed E-state index contributed by atoms with van der Waals surface area (Å²) in [6.07, 6.45) is 0. The lowest BCUT2D eigenvalue weighted by molar-refractivity contribution is 1.07. The van der Waals surface area contributed by atoms with Crippen LogP contribution in [0.4, 0.5) is 0 Å². The largest absolute Gasteiger partial charge is 0.243 e. The molecule has 5 nitrogen and oxygen atoms in total. The Morgan fingerprint density at radius 2 is 0.756 bits per heavy atom. The predicted molar refractivity (Wildman–Crippen MR) is 183 cm³/mol. The number of halogens is 1. The van der Waals surface area contributed by atoms with Crippen LogP contribution in [0, 0.1) is 0 Å². The minimum Gasteiger partial charge on any atom is -0.243 e. The van der Waals surface area contributed by atoms with Crippen LogP contribution in [0.15, 0.2) is 146 Å². The molecule has 0 amide bonds. The molecular formula is C39H24ClN5. The summed E-state index contributed by atoms with van der Waals surface area (Å²) >= 11 is 6.68. The SMILES string of the molecule is Clc1nc2ccccc2nc1-c1ccc(-c2ccc(-c3nc(-c4ccccc4)nc(-c4ccccc4)n3)cc2)c2ccccc12. The highest BCUT2D eigenvalue weighted by atomic mass is 35.5. The lowest BCUT2D eigenvalue weighted by Gasteiger charge is -2.13. The van der Waals surface area contributed by atoms with E-state index in [1.54, 1.807) is 0 Å². The summed E-state index contributed by atoms with van der Waals surface area (Å²) in [6.45, 7) is 0. The average molecular weight is 598 g/mol. The normalized spacial score (nSPS) is 11.2. The summed E-state index contributed by atoms with van der Waals surface area (Å²) in [5, 5.41) is 2.55. The van der Waals surface area contributed by atoms with Gasteiger partial charge in [-0.2, -0.15) is 0 Å². The molecule has 0 fully saturated rings. The Balaban J connectivity index is 1.21. The lowest BCUT2D eigenvalue weighted by atomic mass is 9.93. The highest BCUT2D eigenvalue weighted by Crippen LogP contribution is 2.38. The molecule has 45 heavy (non-hydrogen) atoms. The molecule has 6 heteroatoms. The first-order valence-corrected chi connectivity index (χ1v) is 15.0. The Morgan fingerprint density at radius 1 is 0.333 bits per heavy atom. The van der Waals surface area contributed by atoms with Gasteiger partial charge in [0.15, 0.2) is 22.6 Å². The monoisotopic (exact) mass is 597 g/mol. The van der Waals surface area contributed by atoms with Crippen LogP contribution in [0.2, 0.25) is 5.15 Å². The zero-order valence-corrected chi connectivity index (χ0v) is 24.7. The van der Waals surface area contributed by atoms with Gasteiger partial charge in [0.1, 0.15) is 5.69 Å². The van der Waals surface area contributed by atoms with Gasteiger partial charge in [-0.15, -0.1) is 0 Å². The van der Waals surface area contributed by atoms with E-state index in [9.17, 15) is 0 Å². The minimum atomic E-state index is 0.387. The van der Waals surface area contributed by atoms with Crippen molar-refractivity contribution >= 4 is 33.4 Å². The number of para-hydroxylation sites is 2. The molecular weight excluding hydrogens is 574 g/mol. The molecule has 0 aliphatic carbocycles. The van der Waals surface area contributed by atoms with Crippen molar-refractivity contribution in [3.8, 4) is 56.5 Å². The van der Waals surface area contributed by atoms with Crippen LogP contribution in [0.5, 0.6) is 0 Å². The number of fused-ring (bicyclic) bond motifs is 2. The second kappa shape index (κ2) is 11.4. The van der Waals surface area contributed by atoms with E-state index < -0.39 is 0 Å². The van der Waals surface area contributed by atoms with Crippen LogP contribution in [-0.2, 0) is 0 Å². The molecule has 2 heterocycles. The van der Waals surface area contributed by atoms with Gasteiger partial charge in [0.2, 0.25) is 0 Å². The molecule has 0 aliphatic rings. The van der Waals surface area contributed by atoms with Gasteiger partial charge >= 0.3 is 0 Å². The molecule has 2 aromatic heterocycles. The molecule has 0 aliphatic heterocycles. The summed E-state index contributed by atoms with van der Waals surface area (Å²) in [7, 11) is 0. The van der Waals surface area contributed by atoms with Crippen molar-refractivity contribution < 1.29 is 0 Å². The fraction of sp³-hybridized carbons (Fsp3) is 0. The van der Waals surface area contributed by atoms with Crippen molar-refractivity contribution in [2.75, 3.05) is 0 Å². The Hall–Kier alpha value is -5.78. The molecule has 0 bridgehead atoms.